The molecule has 0 saturated heterocycles. The normalized spacial score (nSPS) is 18.0. The second kappa shape index (κ2) is 8.42. The number of hydrazone groups is 1. The highest BCUT2D eigenvalue weighted by molar-refractivity contribution is 6.30. The van der Waals surface area contributed by atoms with Gasteiger partial charge < -0.3 is 10.5 Å². The first kappa shape index (κ1) is 19.9. The Kier molecular flexibility index (Phi) is 5.77. The molecule has 2 aromatic rings. The molecule has 0 aromatic heterocycles. The number of hydrogen-bond donors (Lipinski definition) is 2. The third kappa shape index (κ3) is 4.51. The molecule has 0 bridgehead atoms. The molecular weight excluding hydrogens is 392 g/mol. The standard InChI is InChI=1S/C21H15ClN4O3/c1-12-2-7-18-16(8-12)19(27)14(10-23)9-17(20(24)29-18)21(28)26-25-11-13-3-5-15(22)6-4-13/h2-9,11H,24H2,1H3,(H,26,28)/b14-9-,20-17+,25-11?. The number of nitrogens with one attached hydrogen (secondary N) is 1. The van der Waals surface area contributed by atoms with Gasteiger partial charge >= 0.3 is 0 Å². The van der Waals surface area contributed by atoms with Crippen LogP contribution in [0, 0.1) is 18.3 Å². The molecule has 0 saturated carbocycles. The lowest BCUT2D eigenvalue weighted by Gasteiger charge is -2.16. The SMILES string of the molecule is Cc1ccc2c(c1)C(=O)/C(C#N)=C\C(C(=O)NN=Cc1ccc(Cl)cc1)=C(\N)O2. The summed E-state index contributed by atoms with van der Waals surface area (Å²) < 4.78 is 5.52. The van der Waals surface area contributed by atoms with Crippen LogP contribution in [0.2, 0.25) is 5.02 Å². The van der Waals surface area contributed by atoms with E-state index in [-0.39, 0.29) is 28.3 Å². The maximum absolute atomic E-state index is 12.7. The third-order valence-electron chi connectivity index (χ3n) is 4.01. The van der Waals surface area contributed by atoms with Gasteiger partial charge in [-0.2, -0.15) is 10.4 Å². The smallest absolute Gasteiger partial charge is 0.276 e. The Hall–Kier alpha value is -3.89. The molecule has 1 aliphatic heterocycles. The molecule has 8 heteroatoms. The number of rotatable bonds is 3. The van der Waals surface area contributed by atoms with Crippen LogP contribution in [0.5, 0.6) is 5.75 Å². The summed E-state index contributed by atoms with van der Waals surface area (Å²) in [5.41, 5.74) is 9.52. The van der Waals surface area contributed by atoms with E-state index >= 15 is 0 Å². The molecule has 0 radical (unpaired) electrons. The van der Waals surface area contributed by atoms with E-state index in [4.69, 9.17) is 22.1 Å². The van der Waals surface area contributed by atoms with E-state index in [1.54, 1.807) is 49.4 Å². The van der Waals surface area contributed by atoms with Gasteiger partial charge in [0.2, 0.25) is 11.7 Å². The summed E-state index contributed by atoms with van der Waals surface area (Å²) in [5.74, 6) is -1.39. The van der Waals surface area contributed by atoms with Crippen molar-refractivity contribution in [3.05, 3.63) is 87.3 Å². The van der Waals surface area contributed by atoms with E-state index in [0.717, 1.165) is 11.6 Å². The van der Waals surface area contributed by atoms with Crippen molar-refractivity contribution in [3.63, 3.8) is 0 Å². The predicted octanol–water partition coefficient (Wildman–Crippen LogP) is 2.99. The van der Waals surface area contributed by atoms with E-state index in [9.17, 15) is 14.9 Å². The number of nitriles is 1. The lowest BCUT2D eigenvalue weighted by Crippen LogP contribution is -2.26. The fourth-order valence-electron chi connectivity index (χ4n) is 2.54. The number of nitrogens with zero attached hydrogens (tertiary/aromatic N) is 2. The van der Waals surface area contributed by atoms with Gasteiger partial charge in [-0.1, -0.05) is 35.4 Å². The monoisotopic (exact) mass is 406 g/mol. The Balaban J connectivity index is 1.91. The number of amides is 1. The first-order chi connectivity index (χ1) is 13.9. The first-order valence-corrected chi connectivity index (χ1v) is 8.80. The second-order valence-electron chi connectivity index (χ2n) is 6.13. The van der Waals surface area contributed by atoms with Crippen molar-refractivity contribution in [3.8, 4) is 11.8 Å². The molecule has 0 fully saturated rings. The summed E-state index contributed by atoms with van der Waals surface area (Å²) in [6.07, 6.45) is 2.50. The number of carbonyl (C=O) groups is 2. The Morgan fingerprint density at radius 2 is 2.00 bits per heavy atom. The quantitative estimate of drug-likeness (QED) is 0.600. The number of carbonyl (C=O) groups excluding carboxylic acids is 2. The van der Waals surface area contributed by atoms with Crippen molar-refractivity contribution in [2.75, 3.05) is 0 Å². The van der Waals surface area contributed by atoms with Crippen molar-refractivity contribution in [1.29, 1.82) is 5.26 Å². The van der Waals surface area contributed by atoms with Gasteiger partial charge in [-0.3, -0.25) is 9.59 Å². The molecule has 0 unspecified atom stereocenters. The van der Waals surface area contributed by atoms with Crippen LogP contribution in [0.4, 0.5) is 0 Å². The predicted molar refractivity (Wildman–Crippen MR) is 108 cm³/mol. The van der Waals surface area contributed by atoms with Gasteiger partial charge in [0.15, 0.2) is 0 Å². The molecule has 3 rings (SSSR count). The topological polar surface area (TPSA) is 118 Å². The van der Waals surface area contributed by atoms with Crippen molar-refractivity contribution < 1.29 is 14.3 Å². The van der Waals surface area contributed by atoms with E-state index < -0.39 is 11.7 Å². The highest BCUT2D eigenvalue weighted by Gasteiger charge is 2.25. The number of Topliss-reactive ketones (excluding diaryl/α,β-unsaturated/α-hetero) is 1. The molecular formula is C21H15ClN4O3. The number of benzene rings is 2. The molecule has 0 atom stereocenters. The Labute approximate surface area is 171 Å². The van der Waals surface area contributed by atoms with Gasteiger partial charge in [0.05, 0.1) is 11.8 Å². The maximum Gasteiger partial charge on any atom is 0.276 e. The fraction of sp³-hybridized carbons (Fsp3) is 0.0476. The lowest BCUT2D eigenvalue weighted by atomic mass is 9.98. The number of fused-ring (bicyclic) bond motifs is 1. The van der Waals surface area contributed by atoms with Crippen LogP contribution in [0.1, 0.15) is 21.5 Å². The average Bonchev–Trinajstić information content (AvgIpc) is 2.70. The zero-order chi connectivity index (χ0) is 21.0. The molecule has 1 amide bonds. The molecule has 0 spiro atoms. The maximum atomic E-state index is 12.7. The zero-order valence-electron chi connectivity index (χ0n) is 15.3. The van der Waals surface area contributed by atoms with Gasteiger partial charge in [-0.05, 0) is 42.8 Å². The minimum atomic E-state index is -0.733. The third-order valence-corrected chi connectivity index (χ3v) is 4.27. The number of allylic oxidation sites excluding steroid dienone is 1. The Morgan fingerprint density at radius 1 is 1.28 bits per heavy atom. The number of aryl methyl sites for hydroxylation is 1. The van der Waals surface area contributed by atoms with Gasteiger partial charge in [0.1, 0.15) is 23.0 Å². The molecule has 2 aromatic carbocycles. The molecule has 0 aliphatic carbocycles. The molecule has 1 aliphatic rings. The number of halogens is 1. The van der Waals surface area contributed by atoms with Crippen molar-refractivity contribution >= 4 is 29.5 Å². The number of hydrogen-bond acceptors (Lipinski definition) is 6. The minimum absolute atomic E-state index is 0.161. The van der Waals surface area contributed by atoms with Crippen LogP contribution >= 0.6 is 11.6 Å². The largest absolute Gasteiger partial charge is 0.440 e. The zero-order valence-corrected chi connectivity index (χ0v) is 16.0. The number of ether oxygens (including phenoxy) is 1. The van der Waals surface area contributed by atoms with Crippen LogP contribution < -0.4 is 15.9 Å². The summed E-state index contributed by atoms with van der Waals surface area (Å²) in [6.45, 7) is 1.80. The molecule has 1 heterocycles. The molecule has 144 valence electrons. The second-order valence-corrected chi connectivity index (χ2v) is 6.57. The lowest BCUT2D eigenvalue weighted by molar-refractivity contribution is -0.117. The fourth-order valence-corrected chi connectivity index (χ4v) is 2.67. The summed E-state index contributed by atoms with van der Waals surface area (Å²) >= 11 is 5.82. The van der Waals surface area contributed by atoms with Gasteiger partial charge in [0, 0.05) is 5.02 Å². The first-order valence-electron chi connectivity index (χ1n) is 8.42. The summed E-state index contributed by atoms with van der Waals surface area (Å²) in [5, 5.41) is 13.8. The number of ketones is 1. The van der Waals surface area contributed by atoms with Gasteiger partial charge in [-0.25, -0.2) is 5.43 Å². The van der Waals surface area contributed by atoms with Crippen LogP contribution in [-0.2, 0) is 4.79 Å². The van der Waals surface area contributed by atoms with Gasteiger partial charge in [-0.15, -0.1) is 0 Å². The van der Waals surface area contributed by atoms with Crippen LogP contribution in [-0.4, -0.2) is 17.9 Å². The average molecular weight is 407 g/mol. The summed E-state index contributed by atoms with van der Waals surface area (Å²) in [6, 6.07) is 13.5. The number of nitrogens with two attached hydrogens (primary N) is 1. The highest BCUT2D eigenvalue weighted by atomic mass is 35.5. The van der Waals surface area contributed by atoms with E-state index in [2.05, 4.69) is 10.5 Å². The van der Waals surface area contributed by atoms with Gasteiger partial charge in [0.25, 0.3) is 5.91 Å². The molecule has 29 heavy (non-hydrogen) atoms. The van der Waals surface area contributed by atoms with Crippen molar-refractivity contribution in [1.82, 2.24) is 5.43 Å². The van der Waals surface area contributed by atoms with Crippen molar-refractivity contribution in [2.24, 2.45) is 10.8 Å². The van der Waals surface area contributed by atoms with E-state index in [1.807, 2.05) is 6.07 Å². The summed E-state index contributed by atoms with van der Waals surface area (Å²) in [7, 11) is 0. The minimum Gasteiger partial charge on any atom is -0.440 e. The van der Waals surface area contributed by atoms with E-state index in [0.29, 0.717) is 10.6 Å². The Morgan fingerprint density at radius 3 is 2.69 bits per heavy atom. The van der Waals surface area contributed by atoms with Crippen LogP contribution in [0.15, 0.2) is 70.7 Å². The van der Waals surface area contributed by atoms with Crippen LogP contribution in [0.3, 0.4) is 0 Å². The van der Waals surface area contributed by atoms with Crippen LogP contribution in [0.25, 0.3) is 0 Å². The Bertz CT molecular complexity index is 1130. The van der Waals surface area contributed by atoms with Crippen molar-refractivity contribution in [2.45, 2.75) is 6.92 Å². The molecule has 7 nitrogen and oxygen atoms in total. The summed E-state index contributed by atoms with van der Waals surface area (Å²) in [4.78, 5) is 25.2. The van der Waals surface area contributed by atoms with E-state index in [1.165, 1.54) is 6.21 Å². The highest BCUT2D eigenvalue weighted by Crippen LogP contribution is 2.27. The molecule has 3 N–H and O–H groups in total.